The number of methoxy groups -OCH3 is 1. The molecule has 0 aliphatic carbocycles. The third-order valence-corrected chi connectivity index (χ3v) is 11.2. The Hall–Kier alpha value is -2.83. The molecule has 12 heteroatoms. The molecular weight excluding hydrogens is 716 g/mol. The average Bonchev–Trinajstić information content (AvgIpc) is 3.08. The molecule has 3 fully saturated rings. The summed E-state index contributed by atoms with van der Waals surface area (Å²) in [5, 5.41) is 6.13. The Morgan fingerprint density at radius 2 is 1.54 bits per heavy atom. The number of benzene rings is 2. The zero-order valence-electron chi connectivity index (χ0n) is 26.5. The lowest BCUT2D eigenvalue weighted by atomic mass is 9.98. The van der Waals surface area contributed by atoms with Gasteiger partial charge >= 0.3 is 12.1 Å². The van der Waals surface area contributed by atoms with Crippen molar-refractivity contribution in [2.24, 2.45) is 0 Å². The molecule has 0 saturated carbocycles. The number of urea groups is 2. The van der Waals surface area contributed by atoms with Crippen molar-refractivity contribution >= 4 is 55.5 Å². The summed E-state index contributed by atoms with van der Waals surface area (Å²) in [7, 11) is 1.62. The number of fused-ring (bicyclic) bond motifs is 1. The van der Waals surface area contributed by atoms with Crippen LogP contribution < -0.4 is 15.4 Å². The Morgan fingerprint density at radius 3 is 2.22 bits per heavy atom. The third-order valence-electron chi connectivity index (χ3n) is 10.0. The van der Waals surface area contributed by atoms with Crippen LogP contribution in [0.25, 0.3) is 0 Å². The van der Waals surface area contributed by atoms with Gasteiger partial charge in [-0.05, 0) is 113 Å². The number of likely N-dealkylation sites (tertiary alicyclic amines) is 3. The second-order valence-electron chi connectivity index (χ2n) is 12.9. The Bertz CT molecular complexity index is 1400. The third kappa shape index (κ3) is 7.49. The van der Waals surface area contributed by atoms with E-state index in [0.29, 0.717) is 63.8 Å². The average molecular weight is 761 g/mol. The molecule has 4 aliphatic rings. The van der Waals surface area contributed by atoms with E-state index in [1.54, 1.807) is 12.0 Å². The summed E-state index contributed by atoms with van der Waals surface area (Å²) in [5.41, 5.74) is 2.87. The van der Waals surface area contributed by atoms with Gasteiger partial charge in [-0.25, -0.2) is 9.59 Å². The maximum absolute atomic E-state index is 14.1. The predicted molar refractivity (Wildman–Crippen MR) is 185 cm³/mol. The number of nitrogens with one attached hydrogen (secondary N) is 2. The summed E-state index contributed by atoms with van der Waals surface area (Å²) >= 11 is 7.18. The molecule has 0 bridgehead atoms. The second kappa shape index (κ2) is 14.9. The van der Waals surface area contributed by atoms with Gasteiger partial charge in [-0.1, -0.05) is 24.6 Å². The Morgan fingerprint density at radius 1 is 0.913 bits per heavy atom. The molecule has 0 spiro atoms. The molecule has 2 aromatic carbocycles. The van der Waals surface area contributed by atoms with Gasteiger partial charge in [0, 0.05) is 56.9 Å². The lowest BCUT2D eigenvalue weighted by Crippen LogP contribution is -2.57. The maximum atomic E-state index is 14.1. The van der Waals surface area contributed by atoms with E-state index < -0.39 is 6.04 Å². The molecule has 2 aromatic rings. The number of para-hydroxylation sites is 1. The fraction of sp³-hybridized carbons (Fsp3) is 0.559. The van der Waals surface area contributed by atoms with Gasteiger partial charge in [0.15, 0.2) is 0 Å². The van der Waals surface area contributed by atoms with Crippen LogP contribution in [0.15, 0.2) is 45.3 Å². The highest BCUT2D eigenvalue weighted by Crippen LogP contribution is 2.35. The number of ether oxygens (including phenoxy) is 1. The summed E-state index contributed by atoms with van der Waals surface area (Å²) in [6, 6.07) is 11.3. The highest BCUT2D eigenvalue weighted by Gasteiger charge is 2.35. The number of amides is 5. The molecule has 1 atom stereocenters. The molecule has 5 amide bonds. The molecule has 0 radical (unpaired) electrons. The molecular formula is C34H44Br2N6O4. The van der Waals surface area contributed by atoms with E-state index in [1.165, 1.54) is 19.3 Å². The number of carbonyl (C=O) groups excluding carboxylic acids is 3. The number of hydrogen-bond acceptors (Lipinski definition) is 5. The summed E-state index contributed by atoms with van der Waals surface area (Å²) < 4.78 is 7.05. The molecule has 3 saturated heterocycles. The van der Waals surface area contributed by atoms with Crippen LogP contribution in [0.5, 0.6) is 5.75 Å². The molecule has 4 heterocycles. The van der Waals surface area contributed by atoms with Gasteiger partial charge in [-0.2, -0.15) is 0 Å². The number of rotatable bonds is 7. The fourth-order valence-electron chi connectivity index (χ4n) is 7.45. The predicted octanol–water partition coefficient (Wildman–Crippen LogP) is 5.83. The van der Waals surface area contributed by atoms with E-state index >= 15 is 0 Å². The van der Waals surface area contributed by atoms with Crippen molar-refractivity contribution in [2.75, 3.05) is 51.7 Å². The quantitative estimate of drug-likeness (QED) is 0.371. The minimum atomic E-state index is -0.701. The molecule has 4 aliphatic heterocycles. The monoisotopic (exact) mass is 758 g/mol. The fourth-order valence-corrected chi connectivity index (χ4v) is 9.06. The van der Waals surface area contributed by atoms with Crippen molar-refractivity contribution in [3.05, 3.63) is 56.5 Å². The number of hydrogen-bond donors (Lipinski definition) is 2. The molecule has 248 valence electrons. The van der Waals surface area contributed by atoms with Crippen LogP contribution in [0.4, 0.5) is 15.3 Å². The van der Waals surface area contributed by atoms with Crippen molar-refractivity contribution < 1.29 is 19.1 Å². The molecule has 6 rings (SSSR count). The molecule has 10 nitrogen and oxygen atoms in total. The van der Waals surface area contributed by atoms with Crippen LogP contribution in [0, 0.1) is 0 Å². The smallest absolute Gasteiger partial charge is 0.322 e. The first-order valence-corrected chi connectivity index (χ1v) is 18.1. The van der Waals surface area contributed by atoms with Crippen LogP contribution in [-0.2, 0) is 17.8 Å². The van der Waals surface area contributed by atoms with Crippen molar-refractivity contribution in [2.45, 2.75) is 76.0 Å². The Balaban J connectivity index is 1.10. The summed E-state index contributed by atoms with van der Waals surface area (Å²) in [6.45, 7) is 5.32. The van der Waals surface area contributed by atoms with Crippen LogP contribution in [0.2, 0.25) is 0 Å². The first kappa shape index (κ1) is 33.1. The van der Waals surface area contributed by atoms with E-state index in [2.05, 4.69) is 47.4 Å². The highest BCUT2D eigenvalue weighted by molar-refractivity contribution is 9.11. The summed E-state index contributed by atoms with van der Waals surface area (Å²) in [5.74, 6) is 0.649. The molecule has 46 heavy (non-hydrogen) atoms. The number of anilines is 1. The lowest BCUT2D eigenvalue weighted by Gasteiger charge is -2.42. The zero-order chi connectivity index (χ0) is 32.2. The zero-order valence-corrected chi connectivity index (χ0v) is 29.7. The van der Waals surface area contributed by atoms with Gasteiger partial charge in [0.05, 0.1) is 16.1 Å². The Labute approximate surface area is 288 Å². The normalized spacial score (nSPS) is 20.6. The van der Waals surface area contributed by atoms with Gasteiger partial charge in [0.1, 0.15) is 11.8 Å². The highest BCUT2D eigenvalue weighted by atomic mass is 79.9. The standard InChI is InChI=1S/C34H44Br2N6O4/c1-46-31-27(35)19-23(20-28(31)36)21-30(32(43)40-15-9-25(10-16-40)39-13-5-2-6-14-39)38-33(44)41-17-11-26(12-18-41)42-22-24-7-3-4-8-29(24)37-34(42)45/h3-4,7-8,19-20,25-26,30H,2,5-6,9-18,21-22H2,1H3,(H,37,45)(H,38,44)/t30-/m1/s1. The molecule has 0 unspecified atom stereocenters. The SMILES string of the molecule is COc1c(Br)cc(C[C@@H](NC(=O)N2CCC(N3Cc4ccccc4NC3=O)CC2)C(=O)N2CCC(N3CCCCC3)CC2)cc1Br. The first-order chi connectivity index (χ1) is 22.3. The van der Waals surface area contributed by atoms with Gasteiger partial charge < -0.3 is 35.0 Å². The molecule has 2 N–H and O–H groups in total. The van der Waals surface area contributed by atoms with E-state index in [-0.39, 0.29) is 24.0 Å². The van der Waals surface area contributed by atoms with Gasteiger partial charge in [-0.3, -0.25) is 4.79 Å². The second-order valence-corrected chi connectivity index (χ2v) is 14.6. The number of nitrogens with zero attached hydrogens (tertiary/aromatic N) is 4. The van der Waals surface area contributed by atoms with Crippen LogP contribution in [0.1, 0.15) is 56.1 Å². The largest absolute Gasteiger partial charge is 0.494 e. The first-order valence-electron chi connectivity index (χ1n) is 16.6. The van der Waals surface area contributed by atoms with Gasteiger partial charge in [0.25, 0.3) is 0 Å². The van der Waals surface area contributed by atoms with E-state index in [9.17, 15) is 14.4 Å². The summed E-state index contributed by atoms with van der Waals surface area (Å²) in [4.78, 5) is 48.9. The number of piperidine rings is 3. The maximum Gasteiger partial charge on any atom is 0.322 e. The topological polar surface area (TPSA) is 97.5 Å². The van der Waals surface area contributed by atoms with Crippen LogP contribution >= 0.6 is 31.9 Å². The van der Waals surface area contributed by atoms with E-state index in [0.717, 1.165) is 51.7 Å². The van der Waals surface area contributed by atoms with Crippen LogP contribution in [0.3, 0.4) is 0 Å². The van der Waals surface area contributed by atoms with Gasteiger partial charge in [0.2, 0.25) is 5.91 Å². The Kier molecular flexibility index (Phi) is 10.7. The summed E-state index contributed by atoms with van der Waals surface area (Å²) in [6.07, 6.45) is 7.50. The number of carbonyl (C=O) groups is 3. The van der Waals surface area contributed by atoms with Crippen molar-refractivity contribution in [1.82, 2.24) is 24.9 Å². The van der Waals surface area contributed by atoms with Crippen LogP contribution in [-0.4, -0.2) is 102 Å². The van der Waals surface area contributed by atoms with E-state index in [1.807, 2.05) is 46.2 Å². The molecule has 0 aromatic heterocycles. The van der Waals surface area contributed by atoms with Crippen molar-refractivity contribution in [3.63, 3.8) is 0 Å². The minimum Gasteiger partial charge on any atom is -0.494 e. The van der Waals surface area contributed by atoms with E-state index in [4.69, 9.17) is 4.74 Å². The lowest BCUT2D eigenvalue weighted by molar-refractivity contribution is -0.134. The van der Waals surface area contributed by atoms with Crippen molar-refractivity contribution in [1.29, 1.82) is 0 Å². The minimum absolute atomic E-state index is 0.0351. The van der Waals surface area contributed by atoms with Gasteiger partial charge in [-0.15, -0.1) is 0 Å². The van der Waals surface area contributed by atoms with Crippen molar-refractivity contribution in [3.8, 4) is 5.75 Å². The number of halogens is 2.